The van der Waals surface area contributed by atoms with Gasteiger partial charge >= 0.3 is 0 Å². The molecule has 0 amide bonds. The van der Waals surface area contributed by atoms with Crippen molar-refractivity contribution in [2.24, 2.45) is 5.92 Å². The van der Waals surface area contributed by atoms with Crippen molar-refractivity contribution in [1.29, 1.82) is 0 Å². The zero-order chi connectivity index (χ0) is 7.40. The maximum atomic E-state index is 11.1. The maximum absolute atomic E-state index is 11.1. The van der Waals surface area contributed by atoms with Crippen molar-refractivity contribution in [3.63, 3.8) is 0 Å². The van der Waals surface area contributed by atoms with Crippen LogP contribution in [0.3, 0.4) is 0 Å². The molecular weight excluding hydrogens is 128 g/mol. The molecule has 10 heavy (non-hydrogen) atoms. The third-order valence-corrected chi connectivity index (χ3v) is 1.71. The molecule has 0 aromatic rings. The van der Waals surface area contributed by atoms with Crippen LogP contribution in [0, 0.1) is 5.92 Å². The van der Waals surface area contributed by atoms with E-state index in [4.69, 9.17) is 4.74 Å². The highest BCUT2D eigenvalue weighted by atomic mass is 16.5. The molecule has 0 fully saturated rings. The zero-order valence-electron chi connectivity index (χ0n) is 6.17. The summed E-state index contributed by atoms with van der Waals surface area (Å²) in [6, 6.07) is 0. The van der Waals surface area contributed by atoms with Crippen LogP contribution < -0.4 is 0 Å². The van der Waals surface area contributed by atoms with Crippen molar-refractivity contribution in [2.45, 2.75) is 19.8 Å². The minimum Gasteiger partial charge on any atom is -0.501 e. The van der Waals surface area contributed by atoms with Gasteiger partial charge in [0.25, 0.3) is 0 Å². The van der Waals surface area contributed by atoms with Crippen LogP contribution in [0.15, 0.2) is 12.3 Å². The van der Waals surface area contributed by atoms with Crippen LogP contribution >= 0.6 is 0 Å². The highest BCUT2D eigenvalue weighted by Crippen LogP contribution is 2.12. The Balaban J connectivity index is 2.41. The van der Waals surface area contributed by atoms with E-state index in [9.17, 15) is 4.79 Å². The molecule has 0 saturated heterocycles. The van der Waals surface area contributed by atoms with Crippen molar-refractivity contribution in [3.05, 3.63) is 12.3 Å². The molecular formula is C8H12O2. The number of rotatable bonds is 2. The van der Waals surface area contributed by atoms with Gasteiger partial charge in [0.2, 0.25) is 0 Å². The van der Waals surface area contributed by atoms with Gasteiger partial charge in [-0.15, -0.1) is 0 Å². The maximum Gasteiger partial charge on any atom is 0.139 e. The Morgan fingerprint density at radius 2 is 2.60 bits per heavy atom. The predicted octanol–water partition coefficient (Wildman–Crippen LogP) is 1.52. The molecule has 1 heterocycles. The SMILES string of the molecule is CCC(=O)C1CC=COC1. The van der Waals surface area contributed by atoms with Crippen LogP contribution in [-0.4, -0.2) is 12.4 Å². The van der Waals surface area contributed by atoms with Crippen LogP contribution in [0.25, 0.3) is 0 Å². The lowest BCUT2D eigenvalue weighted by Gasteiger charge is -2.15. The number of carbonyl (C=O) groups excluding carboxylic acids is 1. The molecule has 56 valence electrons. The van der Waals surface area contributed by atoms with Gasteiger partial charge in [0.15, 0.2) is 0 Å². The molecule has 0 N–H and O–H groups in total. The lowest BCUT2D eigenvalue weighted by molar-refractivity contribution is -0.124. The Hall–Kier alpha value is -0.790. The lowest BCUT2D eigenvalue weighted by atomic mass is 9.98. The molecule has 1 unspecified atom stereocenters. The normalized spacial score (nSPS) is 23.9. The van der Waals surface area contributed by atoms with Crippen LogP contribution in [-0.2, 0) is 9.53 Å². The molecule has 1 atom stereocenters. The van der Waals surface area contributed by atoms with Gasteiger partial charge in [-0.1, -0.05) is 6.92 Å². The van der Waals surface area contributed by atoms with E-state index < -0.39 is 0 Å². The largest absolute Gasteiger partial charge is 0.501 e. The second kappa shape index (κ2) is 3.40. The molecule has 1 aliphatic heterocycles. The van der Waals surface area contributed by atoms with E-state index in [1.54, 1.807) is 6.26 Å². The first-order chi connectivity index (χ1) is 4.84. The van der Waals surface area contributed by atoms with Crippen molar-refractivity contribution in [3.8, 4) is 0 Å². The summed E-state index contributed by atoms with van der Waals surface area (Å²) in [5.74, 6) is 0.430. The van der Waals surface area contributed by atoms with Crippen LogP contribution in [0.4, 0.5) is 0 Å². The van der Waals surface area contributed by atoms with Gasteiger partial charge in [0.05, 0.1) is 18.8 Å². The van der Waals surface area contributed by atoms with Gasteiger partial charge in [-0.25, -0.2) is 0 Å². The average Bonchev–Trinajstić information content (AvgIpc) is 2.05. The van der Waals surface area contributed by atoms with E-state index >= 15 is 0 Å². The van der Waals surface area contributed by atoms with Crippen LogP contribution in [0.1, 0.15) is 19.8 Å². The van der Waals surface area contributed by atoms with Crippen LogP contribution in [0.2, 0.25) is 0 Å². The minimum absolute atomic E-state index is 0.120. The summed E-state index contributed by atoms with van der Waals surface area (Å²) < 4.78 is 5.00. The molecule has 1 aliphatic rings. The first-order valence-corrected chi connectivity index (χ1v) is 3.64. The molecule has 2 heteroatoms. The van der Waals surface area contributed by atoms with Crippen molar-refractivity contribution in [2.75, 3.05) is 6.61 Å². The fourth-order valence-electron chi connectivity index (χ4n) is 1.04. The predicted molar refractivity (Wildman–Crippen MR) is 38.5 cm³/mol. The zero-order valence-corrected chi connectivity index (χ0v) is 6.17. The Bertz CT molecular complexity index is 149. The number of hydrogen-bond donors (Lipinski definition) is 0. The summed E-state index contributed by atoms with van der Waals surface area (Å²) in [4.78, 5) is 11.1. The highest BCUT2D eigenvalue weighted by Gasteiger charge is 2.17. The Morgan fingerprint density at radius 1 is 1.80 bits per heavy atom. The second-order valence-electron chi connectivity index (χ2n) is 2.46. The fourth-order valence-corrected chi connectivity index (χ4v) is 1.04. The standard InChI is InChI=1S/C8H12O2/c1-2-8(9)7-4-3-5-10-6-7/h3,5,7H,2,4,6H2,1H3. The van der Waals surface area contributed by atoms with Crippen molar-refractivity contribution >= 4 is 5.78 Å². The minimum atomic E-state index is 0.120. The summed E-state index contributed by atoms with van der Waals surface area (Å²) in [5.41, 5.74) is 0. The summed E-state index contributed by atoms with van der Waals surface area (Å²) in [6.07, 6.45) is 5.05. The van der Waals surface area contributed by atoms with Gasteiger partial charge in [-0.05, 0) is 12.5 Å². The molecule has 0 spiro atoms. The third-order valence-electron chi connectivity index (χ3n) is 1.71. The third kappa shape index (κ3) is 1.59. The van der Waals surface area contributed by atoms with E-state index in [0.717, 1.165) is 6.42 Å². The molecule has 1 rings (SSSR count). The van der Waals surface area contributed by atoms with Gasteiger partial charge in [-0.2, -0.15) is 0 Å². The van der Waals surface area contributed by atoms with Gasteiger partial charge in [0, 0.05) is 6.42 Å². The van der Waals surface area contributed by atoms with Crippen molar-refractivity contribution < 1.29 is 9.53 Å². The average molecular weight is 140 g/mol. The molecule has 0 bridgehead atoms. The van der Waals surface area contributed by atoms with Gasteiger partial charge in [-0.3, -0.25) is 4.79 Å². The second-order valence-corrected chi connectivity index (χ2v) is 2.46. The summed E-state index contributed by atoms with van der Waals surface area (Å²) in [7, 11) is 0. The number of ketones is 1. The van der Waals surface area contributed by atoms with Crippen molar-refractivity contribution in [1.82, 2.24) is 0 Å². The molecule has 0 aromatic heterocycles. The monoisotopic (exact) mass is 140 g/mol. The summed E-state index contributed by atoms with van der Waals surface area (Å²) in [6.45, 7) is 2.46. The quantitative estimate of drug-likeness (QED) is 0.581. The lowest BCUT2D eigenvalue weighted by Crippen LogP contribution is -2.19. The Labute approximate surface area is 60.9 Å². The summed E-state index contributed by atoms with van der Waals surface area (Å²) in [5, 5.41) is 0. The molecule has 2 nitrogen and oxygen atoms in total. The van der Waals surface area contributed by atoms with E-state index in [-0.39, 0.29) is 5.92 Å². The number of ether oxygens (including phenoxy) is 1. The first-order valence-electron chi connectivity index (χ1n) is 3.64. The first kappa shape index (κ1) is 7.32. The molecule has 0 aliphatic carbocycles. The Kier molecular flexibility index (Phi) is 2.49. The van der Waals surface area contributed by atoms with Gasteiger partial charge in [0.1, 0.15) is 5.78 Å². The van der Waals surface area contributed by atoms with E-state index in [0.29, 0.717) is 18.8 Å². The molecule has 0 radical (unpaired) electrons. The van der Waals surface area contributed by atoms with E-state index in [2.05, 4.69) is 0 Å². The van der Waals surface area contributed by atoms with E-state index in [1.807, 2.05) is 13.0 Å². The number of hydrogen-bond acceptors (Lipinski definition) is 2. The fraction of sp³-hybridized carbons (Fsp3) is 0.625. The number of carbonyl (C=O) groups is 1. The smallest absolute Gasteiger partial charge is 0.139 e. The Morgan fingerprint density at radius 3 is 3.10 bits per heavy atom. The van der Waals surface area contributed by atoms with Gasteiger partial charge < -0.3 is 4.74 Å². The number of allylic oxidation sites excluding steroid dienone is 1. The number of Topliss-reactive ketones (excluding diaryl/α,β-unsaturated/α-hetero) is 1. The topological polar surface area (TPSA) is 26.3 Å². The molecule has 0 aromatic carbocycles. The van der Waals surface area contributed by atoms with E-state index in [1.165, 1.54) is 0 Å². The van der Waals surface area contributed by atoms with Crippen LogP contribution in [0.5, 0.6) is 0 Å². The highest BCUT2D eigenvalue weighted by molar-refractivity contribution is 5.81. The summed E-state index contributed by atoms with van der Waals surface area (Å²) >= 11 is 0. The molecule has 0 saturated carbocycles.